The van der Waals surface area contributed by atoms with Crippen molar-refractivity contribution in [3.05, 3.63) is 76.9 Å². The van der Waals surface area contributed by atoms with Gasteiger partial charge in [-0.05, 0) is 91.4 Å². The predicted molar refractivity (Wildman–Crippen MR) is 153 cm³/mol. The highest BCUT2D eigenvalue weighted by Crippen LogP contribution is 2.40. The fourth-order valence-corrected chi connectivity index (χ4v) is 5.18. The Morgan fingerprint density at radius 3 is 2.20 bits per heavy atom. The molecule has 0 fully saturated rings. The molecule has 1 unspecified atom stereocenters. The minimum atomic E-state index is -0.325. The minimum Gasteiger partial charge on any atom is -0.494 e. The van der Waals surface area contributed by atoms with E-state index in [0.717, 1.165) is 60.9 Å². The van der Waals surface area contributed by atoms with Crippen LogP contribution in [0, 0.1) is 0 Å². The van der Waals surface area contributed by atoms with Crippen molar-refractivity contribution in [3.8, 4) is 28.7 Å². The second-order valence-electron chi connectivity index (χ2n) is 9.55. The monoisotopic (exact) mass is 549 g/mol. The molecule has 0 aromatic heterocycles. The van der Waals surface area contributed by atoms with Gasteiger partial charge < -0.3 is 28.4 Å². The van der Waals surface area contributed by atoms with Gasteiger partial charge in [0.15, 0.2) is 23.0 Å². The molecule has 0 aliphatic carbocycles. The number of fused-ring (bicyclic) bond motifs is 1. The molecular weight excluding hydrogens is 510 g/mol. The Balaban J connectivity index is 1.48. The number of benzene rings is 3. The quantitative estimate of drug-likeness (QED) is 0.204. The standard InChI is InChI=1S/C32H39NO7/c1-6-39-32(34)23-9-11-25(12-10-23)40-17-7-15-33-16-14-24-20-30(37-4)31(38-5)21-26(24)27(33)18-22-8-13-28(35-2)29(19-22)36-3/h8-13,19-21,27H,6-7,14-18H2,1-5H3. The molecule has 1 aliphatic heterocycles. The lowest BCUT2D eigenvalue weighted by Gasteiger charge is -2.38. The average Bonchev–Trinajstić information content (AvgIpc) is 2.99. The Bertz CT molecular complexity index is 1280. The molecule has 0 amide bonds. The second kappa shape index (κ2) is 13.9. The summed E-state index contributed by atoms with van der Waals surface area (Å²) in [5.41, 5.74) is 4.20. The Kier molecular flexibility index (Phi) is 10.1. The van der Waals surface area contributed by atoms with Crippen molar-refractivity contribution in [1.82, 2.24) is 4.90 Å². The number of carbonyl (C=O) groups excluding carboxylic acids is 1. The van der Waals surface area contributed by atoms with E-state index in [4.69, 9.17) is 28.4 Å². The van der Waals surface area contributed by atoms with Crippen LogP contribution in [0.5, 0.6) is 28.7 Å². The van der Waals surface area contributed by atoms with Crippen molar-refractivity contribution < 1.29 is 33.2 Å². The van der Waals surface area contributed by atoms with Crippen LogP contribution < -0.4 is 23.7 Å². The summed E-state index contributed by atoms with van der Waals surface area (Å²) in [5, 5.41) is 0. The molecule has 0 N–H and O–H groups in total. The zero-order valence-corrected chi connectivity index (χ0v) is 24.0. The highest BCUT2D eigenvalue weighted by molar-refractivity contribution is 5.89. The summed E-state index contributed by atoms with van der Waals surface area (Å²) in [5.74, 6) is 3.32. The molecule has 0 radical (unpaired) electrons. The molecule has 3 aromatic carbocycles. The van der Waals surface area contributed by atoms with E-state index in [1.165, 1.54) is 11.1 Å². The molecule has 0 saturated carbocycles. The van der Waals surface area contributed by atoms with Crippen LogP contribution in [0.2, 0.25) is 0 Å². The first-order valence-electron chi connectivity index (χ1n) is 13.6. The van der Waals surface area contributed by atoms with Crippen molar-refractivity contribution in [2.24, 2.45) is 0 Å². The van der Waals surface area contributed by atoms with E-state index < -0.39 is 0 Å². The molecule has 40 heavy (non-hydrogen) atoms. The molecule has 0 bridgehead atoms. The number of nitrogens with zero attached hydrogens (tertiary/aromatic N) is 1. The van der Waals surface area contributed by atoms with Crippen LogP contribution in [-0.4, -0.2) is 65.6 Å². The molecule has 1 heterocycles. The van der Waals surface area contributed by atoms with Gasteiger partial charge in [0.2, 0.25) is 0 Å². The van der Waals surface area contributed by atoms with Gasteiger partial charge in [0.1, 0.15) is 5.75 Å². The van der Waals surface area contributed by atoms with Gasteiger partial charge in [-0.25, -0.2) is 4.79 Å². The lowest BCUT2D eigenvalue weighted by atomic mass is 9.88. The van der Waals surface area contributed by atoms with Gasteiger partial charge in [0.05, 0.1) is 47.2 Å². The average molecular weight is 550 g/mol. The largest absolute Gasteiger partial charge is 0.494 e. The number of esters is 1. The zero-order chi connectivity index (χ0) is 28.5. The zero-order valence-electron chi connectivity index (χ0n) is 24.0. The van der Waals surface area contributed by atoms with E-state index in [9.17, 15) is 4.79 Å². The molecule has 1 atom stereocenters. The van der Waals surface area contributed by atoms with Crippen molar-refractivity contribution >= 4 is 5.97 Å². The molecule has 4 rings (SSSR count). The predicted octanol–water partition coefficient (Wildman–Crippen LogP) is 5.51. The van der Waals surface area contributed by atoms with Gasteiger partial charge in [0, 0.05) is 19.1 Å². The molecule has 8 nitrogen and oxygen atoms in total. The molecule has 214 valence electrons. The Hall–Kier alpha value is -3.91. The molecule has 0 saturated heterocycles. The van der Waals surface area contributed by atoms with E-state index in [-0.39, 0.29) is 12.0 Å². The number of carbonyl (C=O) groups is 1. The van der Waals surface area contributed by atoms with E-state index in [2.05, 4.69) is 29.2 Å². The van der Waals surface area contributed by atoms with Gasteiger partial charge in [0.25, 0.3) is 0 Å². The van der Waals surface area contributed by atoms with Crippen LogP contribution in [0.1, 0.15) is 46.4 Å². The van der Waals surface area contributed by atoms with E-state index in [1.807, 2.05) is 18.2 Å². The summed E-state index contributed by atoms with van der Waals surface area (Å²) in [4.78, 5) is 14.4. The van der Waals surface area contributed by atoms with Crippen LogP contribution in [0.25, 0.3) is 0 Å². The van der Waals surface area contributed by atoms with E-state index in [1.54, 1.807) is 47.5 Å². The molecule has 1 aliphatic rings. The van der Waals surface area contributed by atoms with Crippen molar-refractivity contribution in [2.45, 2.75) is 32.2 Å². The first-order chi connectivity index (χ1) is 19.5. The van der Waals surface area contributed by atoms with Gasteiger partial charge in [-0.15, -0.1) is 0 Å². The molecule has 3 aromatic rings. The maximum absolute atomic E-state index is 11.9. The van der Waals surface area contributed by atoms with Crippen LogP contribution in [0.15, 0.2) is 54.6 Å². The first kappa shape index (κ1) is 29.1. The third kappa shape index (κ3) is 6.80. The summed E-state index contributed by atoms with van der Waals surface area (Å²) in [7, 11) is 6.65. The second-order valence-corrected chi connectivity index (χ2v) is 9.55. The van der Waals surface area contributed by atoms with Crippen LogP contribution >= 0.6 is 0 Å². The third-order valence-electron chi connectivity index (χ3n) is 7.21. The Morgan fingerprint density at radius 2 is 1.52 bits per heavy atom. The third-order valence-corrected chi connectivity index (χ3v) is 7.21. The van der Waals surface area contributed by atoms with Crippen molar-refractivity contribution in [2.75, 3.05) is 54.7 Å². The fraction of sp³-hybridized carbons (Fsp3) is 0.406. The van der Waals surface area contributed by atoms with Crippen LogP contribution in [0.3, 0.4) is 0 Å². The summed E-state index contributed by atoms with van der Waals surface area (Å²) in [6.45, 7) is 4.51. The summed E-state index contributed by atoms with van der Waals surface area (Å²) in [6, 6.07) is 17.6. The minimum absolute atomic E-state index is 0.144. The van der Waals surface area contributed by atoms with E-state index >= 15 is 0 Å². The maximum Gasteiger partial charge on any atom is 0.338 e. The SMILES string of the molecule is CCOC(=O)c1ccc(OCCCN2CCc3cc(OC)c(OC)cc3C2Cc2ccc(OC)c(OC)c2)cc1. The van der Waals surface area contributed by atoms with Gasteiger partial charge in [-0.2, -0.15) is 0 Å². The molecule has 8 heteroatoms. The molecule has 0 spiro atoms. The van der Waals surface area contributed by atoms with E-state index in [0.29, 0.717) is 24.5 Å². The number of methoxy groups -OCH3 is 4. The van der Waals surface area contributed by atoms with Gasteiger partial charge in [-0.1, -0.05) is 6.07 Å². The maximum atomic E-state index is 11.9. The summed E-state index contributed by atoms with van der Waals surface area (Å²) < 4.78 is 33.3. The topological polar surface area (TPSA) is 75.7 Å². The normalized spacial score (nSPS) is 14.7. The Labute approximate surface area is 236 Å². The number of ether oxygens (including phenoxy) is 6. The molecular formula is C32H39NO7. The fourth-order valence-electron chi connectivity index (χ4n) is 5.18. The smallest absolute Gasteiger partial charge is 0.338 e. The Morgan fingerprint density at radius 1 is 0.850 bits per heavy atom. The highest BCUT2D eigenvalue weighted by Gasteiger charge is 2.29. The number of hydrogen-bond donors (Lipinski definition) is 0. The van der Waals surface area contributed by atoms with Gasteiger partial charge in [-0.3, -0.25) is 4.90 Å². The van der Waals surface area contributed by atoms with Crippen LogP contribution in [0.4, 0.5) is 0 Å². The summed E-state index contributed by atoms with van der Waals surface area (Å²) >= 11 is 0. The highest BCUT2D eigenvalue weighted by atomic mass is 16.5. The van der Waals surface area contributed by atoms with Gasteiger partial charge >= 0.3 is 5.97 Å². The number of hydrogen-bond acceptors (Lipinski definition) is 8. The van der Waals surface area contributed by atoms with Crippen molar-refractivity contribution in [1.29, 1.82) is 0 Å². The van der Waals surface area contributed by atoms with Crippen LogP contribution in [-0.2, 0) is 17.6 Å². The lowest BCUT2D eigenvalue weighted by Crippen LogP contribution is -2.37. The first-order valence-corrected chi connectivity index (χ1v) is 13.6. The lowest BCUT2D eigenvalue weighted by molar-refractivity contribution is 0.0526. The van der Waals surface area contributed by atoms with Crippen molar-refractivity contribution in [3.63, 3.8) is 0 Å². The number of rotatable bonds is 13. The summed E-state index contributed by atoms with van der Waals surface area (Å²) in [6.07, 6.45) is 2.58.